The van der Waals surface area contributed by atoms with Crippen molar-refractivity contribution >= 4 is 10.0 Å². The van der Waals surface area contributed by atoms with Gasteiger partial charge in [0, 0.05) is 0 Å². The van der Waals surface area contributed by atoms with E-state index >= 15 is 0 Å². The fourth-order valence-corrected chi connectivity index (χ4v) is 2.39. The fraction of sp³-hybridized carbons (Fsp3) is 0.400. The molecule has 0 bridgehead atoms. The zero-order valence-corrected chi connectivity index (χ0v) is 10.1. The normalized spacial score (nSPS) is 14.7. The SMILES string of the molecule is Cc1ccc(C(C(F)(F)F)S(N)(=O)=O)cc1C. The number of aryl methyl sites for hydroxylation is 2. The first kappa shape index (κ1) is 14.0. The molecular formula is C10H12F3NO2S. The lowest BCUT2D eigenvalue weighted by molar-refractivity contribution is -0.131. The van der Waals surface area contributed by atoms with Gasteiger partial charge in [-0.15, -0.1) is 0 Å². The second kappa shape index (κ2) is 4.30. The van der Waals surface area contributed by atoms with Crippen molar-refractivity contribution < 1.29 is 21.6 Å². The Kier molecular flexibility index (Phi) is 3.54. The molecule has 0 amide bonds. The molecule has 17 heavy (non-hydrogen) atoms. The third-order valence-corrected chi connectivity index (χ3v) is 3.66. The molecule has 7 heteroatoms. The van der Waals surface area contributed by atoms with Crippen molar-refractivity contribution in [2.75, 3.05) is 0 Å². The highest BCUT2D eigenvalue weighted by atomic mass is 32.2. The van der Waals surface area contributed by atoms with E-state index < -0.39 is 21.4 Å². The Morgan fingerprint density at radius 2 is 1.71 bits per heavy atom. The van der Waals surface area contributed by atoms with Gasteiger partial charge in [0.05, 0.1) is 0 Å². The second-order valence-electron chi connectivity index (χ2n) is 3.85. The lowest BCUT2D eigenvalue weighted by atomic mass is 10.0. The minimum Gasteiger partial charge on any atom is -0.228 e. The van der Waals surface area contributed by atoms with Crippen LogP contribution in [-0.2, 0) is 10.0 Å². The molecule has 0 spiro atoms. The molecule has 0 aromatic heterocycles. The molecule has 0 saturated carbocycles. The van der Waals surface area contributed by atoms with Crippen molar-refractivity contribution in [3.05, 3.63) is 34.9 Å². The molecule has 0 aliphatic carbocycles. The van der Waals surface area contributed by atoms with E-state index in [1.165, 1.54) is 12.1 Å². The summed E-state index contributed by atoms with van der Waals surface area (Å²) in [6.45, 7) is 3.33. The van der Waals surface area contributed by atoms with Crippen molar-refractivity contribution in [1.82, 2.24) is 0 Å². The third-order valence-electron chi connectivity index (χ3n) is 2.46. The molecule has 1 aromatic rings. The van der Waals surface area contributed by atoms with Gasteiger partial charge in [-0.25, -0.2) is 13.6 Å². The molecule has 2 N–H and O–H groups in total. The summed E-state index contributed by atoms with van der Waals surface area (Å²) >= 11 is 0. The standard InChI is InChI=1S/C10H12F3NO2S/c1-6-3-4-8(5-7(6)2)9(10(11,12)13)17(14,15)16/h3-5,9H,1-2H3,(H2,14,15,16). The number of sulfonamides is 1. The van der Waals surface area contributed by atoms with E-state index in [1.54, 1.807) is 13.8 Å². The number of rotatable bonds is 2. The van der Waals surface area contributed by atoms with E-state index in [1.807, 2.05) is 0 Å². The summed E-state index contributed by atoms with van der Waals surface area (Å²) in [5, 5.41) is 1.97. The van der Waals surface area contributed by atoms with E-state index in [9.17, 15) is 21.6 Å². The van der Waals surface area contributed by atoms with Gasteiger partial charge in [0.15, 0.2) is 5.25 Å². The Bertz CT molecular complexity index is 523. The highest BCUT2D eigenvalue weighted by molar-refractivity contribution is 7.89. The van der Waals surface area contributed by atoms with Crippen LogP contribution >= 0.6 is 0 Å². The number of benzene rings is 1. The number of hydrogen-bond donors (Lipinski definition) is 1. The maximum absolute atomic E-state index is 12.7. The Labute approximate surface area is 97.5 Å². The van der Waals surface area contributed by atoms with Crippen LogP contribution in [0.2, 0.25) is 0 Å². The quantitative estimate of drug-likeness (QED) is 0.893. The molecule has 3 nitrogen and oxygen atoms in total. The molecule has 0 aliphatic heterocycles. The van der Waals surface area contributed by atoms with Gasteiger partial charge in [0.1, 0.15) is 0 Å². The van der Waals surface area contributed by atoms with Gasteiger partial charge in [0.2, 0.25) is 10.0 Å². The van der Waals surface area contributed by atoms with Crippen LogP contribution < -0.4 is 5.14 Å². The molecule has 1 atom stereocenters. The lowest BCUT2D eigenvalue weighted by Gasteiger charge is -2.19. The van der Waals surface area contributed by atoms with Gasteiger partial charge in [-0.1, -0.05) is 18.2 Å². The minimum absolute atomic E-state index is 0.358. The van der Waals surface area contributed by atoms with Crippen LogP contribution in [-0.4, -0.2) is 14.6 Å². The number of halogens is 3. The van der Waals surface area contributed by atoms with Gasteiger partial charge < -0.3 is 0 Å². The molecule has 0 saturated heterocycles. The number of hydrogen-bond acceptors (Lipinski definition) is 2. The summed E-state index contributed by atoms with van der Waals surface area (Å²) in [4.78, 5) is 0. The highest BCUT2D eigenvalue weighted by Crippen LogP contribution is 2.38. The van der Waals surface area contributed by atoms with Crippen LogP contribution in [0.4, 0.5) is 13.2 Å². The van der Waals surface area contributed by atoms with Crippen molar-refractivity contribution in [3.8, 4) is 0 Å². The first-order chi connectivity index (χ1) is 7.53. The van der Waals surface area contributed by atoms with Gasteiger partial charge in [0.25, 0.3) is 0 Å². The molecule has 96 valence electrons. The zero-order chi connectivity index (χ0) is 13.4. The largest absolute Gasteiger partial charge is 0.410 e. The average Bonchev–Trinajstić information content (AvgIpc) is 2.06. The zero-order valence-electron chi connectivity index (χ0n) is 9.25. The lowest BCUT2D eigenvalue weighted by Crippen LogP contribution is -2.33. The number of primary sulfonamides is 1. The number of nitrogens with two attached hydrogens (primary N) is 1. The average molecular weight is 267 g/mol. The molecular weight excluding hydrogens is 255 g/mol. The number of alkyl halides is 3. The predicted octanol–water partition coefficient (Wildman–Crippen LogP) is 2.20. The molecule has 0 aliphatic rings. The summed E-state index contributed by atoms with van der Waals surface area (Å²) in [5.74, 6) is 0. The van der Waals surface area contributed by atoms with Crippen LogP contribution in [0, 0.1) is 13.8 Å². The summed E-state index contributed by atoms with van der Waals surface area (Å²) < 4.78 is 60.1. The van der Waals surface area contributed by atoms with E-state index in [2.05, 4.69) is 5.14 Å². The second-order valence-corrected chi connectivity index (χ2v) is 5.50. The monoisotopic (exact) mass is 267 g/mol. The third kappa shape index (κ3) is 3.19. The molecule has 0 fully saturated rings. The van der Waals surface area contributed by atoms with Crippen molar-refractivity contribution in [2.24, 2.45) is 5.14 Å². The fourth-order valence-electron chi connectivity index (χ4n) is 1.49. The van der Waals surface area contributed by atoms with Gasteiger partial charge in [-0.2, -0.15) is 13.2 Å². The van der Waals surface area contributed by atoms with E-state index in [-0.39, 0.29) is 5.56 Å². The molecule has 1 rings (SSSR count). The Morgan fingerprint density at radius 3 is 2.06 bits per heavy atom. The first-order valence-electron chi connectivity index (χ1n) is 4.69. The minimum atomic E-state index is -4.92. The van der Waals surface area contributed by atoms with Crippen LogP contribution in [0.15, 0.2) is 18.2 Å². The Balaban J connectivity index is 3.39. The van der Waals surface area contributed by atoms with Gasteiger partial charge in [-0.05, 0) is 30.5 Å². The van der Waals surface area contributed by atoms with E-state index in [4.69, 9.17) is 0 Å². The molecule has 1 unspecified atom stereocenters. The van der Waals surface area contributed by atoms with Crippen LogP contribution in [0.1, 0.15) is 21.9 Å². The summed E-state index contributed by atoms with van der Waals surface area (Å²) in [7, 11) is -4.73. The smallest absolute Gasteiger partial charge is 0.228 e. The highest BCUT2D eigenvalue weighted by Gasteiger charge is 2.48. The predicted molar refractivity (Wildman–Crippen MR) is 57.8 cm³/mol. The maximum Gasteiger partial charge on any atom is 0.410 e. The molecule has 0 radical (unpaired) electrons. The topological polar surface area (TPSA) is 60.2 Å². The maximum atomic E-state index is 12.7. The van der Waals surface area contributed by atoms with E-state index in [0.29, 0.717) is 5.56 Å². The van der Waals surface area contributed by atoms with Crippen LogP contribution in [0.3, 0.4) is 0 Å². The van der Waals surface area contributed by atoms with Crippen LogP contribution in [0.25, 0.3) is 0 Å². The van der Waals surface area contributed by atoms with Crippen LogP contribution in [0.5, 0.6) is 0 Å². The summed E-state index contributed by atoms with van der Waals surface area (Å²) in [6.07, 6.45) is -4.92. The molecule has 0 heterocycles. The first-order valence-corrected chi connectivity index (χ1v) is 6.30. The van der Waals surface area contributed by atoms with Crippen molar-refractivity contribution in [2.45, 2.75) is 25.3 Å². The van der Waals surface area contributed by atoms with Crippen molar-refractivity contribution in [3.63, 3.8) is 0 Å². The van der Waals surface area contributed by atoms with Crippen molar-refractivity contribution in [1.29, 1.82) is 0 Å². The van der Waals surface area contributed by atoms with Gasteiger partial charge >= 0.3 is 6.18 Å². The molecule has 1 aromatic carbocycles. The Hall–Kier alpha value is -1.08. The van der Waals surface area contributed by atoms with E-state index in [0.717, 1.165) is 11.6 Å². The Morgan fingerprint density at radius 1 is 1.18 bits per heavy atom. The summed E-state index contributed by atoms with van der Waals surface area (Å²) in [5.41, 5.74) is 1.01. The summed E-state index contributed by atoms with van der Waals surface area (Å²) in [6, 6.07) is 3.76. The van der Waals surface area contributed by atoms with Gasteiger partial charge in [-0.3, -0.25) is 0 Å².